The van der Waals surface area contributed by atoms with Gasteiger partial charge in [0.25, 0.3) is 11.8 Å². The minimum atomic E-state index is -0.432. The summed E-state index contributed by atoms with van der Waals surface area (Å²) in [7, 11) is 0. The van der Waals surface area contributed by atoms with Gasteiger partial charge in [-0.05, 0) is 75.5 Å². The largest absolute Gasteiger partial charge is 0.347 e. The van der Waals surface area contributed by atoms with Gasteiger partial charge in [0, 0.05) is 32.4 Å². The van der Waals surface area contributed by atoms with Crippen molar-refractivity contribution in [3.63, 3.8) is 0 Å². The summed E-state index contributed by atoms with van der Waals surface area (Å²) in [6.07, 6.45) is 0. The highest BCUT2D eigenvalue weighted by Gasteiger charge is 2.15. The van der Waals surface area contributed by atoms with Crippen molar-refractivity contribution in [3.8, 4) is 0 Å². The van der Waals surface area contributed by atoms with E-state index in [1.54, 1.807) is 24.3 Å². The molecule has 0 bridgehead atoms. The first-order chi connectivity index (χ1) is 12.5. The zero-order valence-electron chi connectivity index (χ0n) is 15.0. The molecule has 5 nitrogen and oxygen atoms in total. The molecule has 2 aromatic rings. The van der Waals surface area contributed by atoms with E-state index in [1.807, 2.05) is 20.8 Å². The number of halogens is 2. The highest BCUT2D eigenvalue weighted by molar-refractivity contribution is 7.80. The molecule has 0 unspecified atom stereocenters. The van der Waals surface area contributed by atoms with Crippen LogP contribution >= 0.6 is 35.4 Å². The minimum Gasteiger partial charge on any atom is -0.347 e. The van der Waals surface area contributed by atoms with Gasteiger partial charge in [-0.15, -0.1) is 0 Å². The summed E-state index contributed by atoms with van der Waals surface area (Å²) in [4.78, 5) is 24.3. The average Bonchev–Trinajstić information content (AvgIpc) is 2.52. The molecular formula is C19H19Cl2N3O2S. The Balaban J connectivity index is 1.97. The van der Waals surface area contributed by atoms with Gasteiger partial charge in [-0.25, -0.2) is 0 Å². The first-order valence-corrected chi connectivity index (χ1v) is 9.21. The molecule has 0 spiro atoms. The van der Waals surface area contributed by atoms with Crippen molar-refractivity contribution < 1.29 is 9.59 Å². The van der Waals surface area contributed by atoms with Crippen LogP contribution in [0.2, 0.25) is 10.0 Å². The third kappa shape index (κ3) is 6.82. The lowest BCUT2D eigenvalue weighted by Crippen LogP contribution is -2.40. The number of hydrogen-bond donors (Lipinski definition) is 3. The third-order valence-corrected chi connectivity index (χ3v) is 3.89. The molecule has 0 heterocycles. The maximum absolute atomic E-state index is 12.2. The number of nitrogens with one attached hydrogen (secondary N) is 3. The van der Waals surface area contributed by atoms with E-state index in [9.17, 15) is 9.59 Å². The van der Waals surface area contributed by atoms with Crippen LogP contribution in [0.5, 0.6) is 0 Å². The molecule has 3 N–H and O–H groups in total. The molecule has 0 aliphatic rings. The highest BCUT2D eigenvalue weighted by Crippen LogP contribution is 2.19. The van der Waals surface area contributed by atoms with Crippen molar-refractivity contribution in [3.05, 3.63) is 63.6 Å². The number of benzene rings is 2. The molecule has 0 saturated carbocycles. The average molecular weight is 424 g/mol. The molecule has 0 aromatic heterocycles. The van der Waals surface area contributed by atoms with Gasteiger partial charge in [0.2, 0.25) is 0 Å². The topological polar surface area (TPSA) is 70.2 Å². The zero-order chi connectivity index (χ0) is 20.2. The van der Waals surface area contributed by atoms with Gasteiger partial charge in [-0.2, -0.15) is 0 Å². The van der Waals surface area contributed by atoms with Crippen LogP contribution < -0.4 is 16.0 Å². The Labute approximate surface area is 173 Å². The Morgan fingerprint density at radius 2 is 1.44 bits per heavy atom. The quantitative estimate of drug-likeness (QED) is 0.628. The molecule has 142 valence electrons. The standard InChI is InChI=1S/C19H19Cl2N3O2S/c1-19(2,3)24-17(26)11-4-6-15(7-5-11)22-18(27)23-16(25)12-8-13(20)10-14(21)9-12/h4-10H,1-3H3,(H,24,26)(H2,22,23,25,27). The summed E-state index contributed by atoms with van der Waals surface area (Å²) in [5.41, 5.74) is 1.14. The second-order valence-electron chi connectivity index (χ2n) is 6.85. The normalized spacial score (nSPS) is 10.9. The second-order valence-corrected chi connectivity index (χ2v) is 8.13. The molecule has 0 saturated heterocycles. The number of anilines is 1. The number of carbonyl (C=O) groups excluding carboxylic acids is 2. The Morgan fingerprint density at radius 1 is 0.889 bits per heavy atom. The molecule has 0 radical (unpaired) electrons. The van der Waals surface area contributed by atoms with E-state index in [2.05, 4.69) is 16.0 Å². The van der Waals surface area contributed by atoms with Gasteiger partial charge in [0.15, 0.2) is 5.11 Å². The molecule has 2 amide bonds. The van der Waals surface area contributed by atoms with Crippen molar-refractivity contribution >= 4 is 58.0 Å². The van der Waals surface area contributed by atoms with Crippen LogP contribution in [0.25, 0.3) is 0 Å². The SMILES string of the molecule is CC(C)(C)NC(=O)c1ccc(NC(=S)NC(=O)c2cc(Cl)cc(Cl)c2)cc1. The lowest BCUT2D eigenvalue weighted by atomic mass is 10.1. The van der Waals surface area contributed by atoms with Gasteiger partial charge in [0.1, 0.15) is 0 Å². The Morgan fingerprint density at radius 3 is 1.96 bits per heavy atom. The summed E-state index contributed by atoms with van der Waals surface area (Å²) in [6, 6.07) is 11.3. The predicted octanol–water partition coefficient (Wildman–Crippen LogP) is 4.65. The van der Waals surface area contributed by atoms with E-state index in [-0.39, 0.29) is 16.6 Å². The molecule has 0 aliphatic carbocycles. The highest BCUT2D eigenvalue weighted by atomic mass is 35.5. The zero-order valence-corrected chi connectivity index (χ0v) is 17.4. The van der Waals surface area contributed by atoms with E-state index >= 15 is 0 Å². The number of rotatable bonds is 3. The maximum Gasteiger partial charge on any atom is 0.257 e. The smallest absolute Gasteiger partial charge is 0.257 e. The molecule has 2 rings (SSSR count). The predicted molar refractivity (Wildman–Crippen MR) is 114 cm³/mol. The first-order valence-electron chi connectivity index (χ1n) is 8.04. The van der Waals surface area contributed by atoms with Crippen molar-refractivity contribution in [2.75, 3.05) is 5.32 Å². The van der Waals surface area contributed by atoms with E-state index in [4.69, 9.17) is 35.4 Å². The van der Waals surface area contributed by atoms with E-state index < -0.39 is 5.91 Å². The number of hydrogen-bond acceptors (Lipinski definition) is 3. The van der Waals surface area contributed by atoms with Crippen LogP contribution in [0.3, 0.4) is 0 Å². The molecule has 0 aliphatic heterocycles. The van der Waals surface area contributed by atoms with E-state index in [1.165, 1.54) is 18.2 Å². The van der Waals surface area contributed by atoms with Crippen LogP contribution in [0, 0.1) is 0 Å². The van der Waals surface area contributed by atoms with Gasteiger partial charge < -0.3 is 10.6 Å². The summed E-state index contributed by atoms with van der Waals surface area (Å²) >= 11 is 16.9. The van der Waals surface area contributed by atoms with Crippen molar-refractivity contribution in [2.45, 2.75) is 26.3 Å². The number of carbonyl (C=O) groups is 2. The summed E-state index contributed by atoms with van der Waals surface area (Å²) < 4.78 is 0. The molecule has 0 fully saturated rings. The molecule has 8 heteroatoms. The summed E-state index contributed by atoms with van der Waals surface area (Å²) in [6.45, 7) is 5.74. The Kier molecular flexibility index (Phi) is 6.81. The van der Waals surface area contributed by atoms with Crippen LogP contribution in [-0.2, 0) is 0 Å². The third-order valence-electron chi connectivity index (χ3n) is 3.25. The van der Waals surface area contributed by atoms with Crippen LogP contribution in [0.1, 0.15) is 41.5 Å². The fourth-order valence-electron chi connectivity index (χ4n) is 2.14. The van der Waals surface area contributed by atoms with Crippen LogP contribution in [0.4, 0.5) is 5.69 Å². The maximum atomic E-state index is 12.2. The molecule has 2 aromatic carbocycles. The lowest BCUT2D eigenvalue weighted by Gasteiger charge is -2.20. The molecule has 0 atom stereocenters. The fraction of sp³-hybridized carbons (Fsp3) is 0.211. The van der Waals surface area contributed by atoms with Crippen molar-refractivity contribution in [2.24, 2.45) is 0 Å². The van der Waals surface area contributed by atoms with Gasteiger partial charge >= 0.3 is 0 Å². The van der Waals surface area contributed by atoms with E-state index in [0.29, 0.717) is 26.9 Å². The second kappa shape index (κ2) is 8.69. The van der Waals surface area contributed by atoms with Gasteiger partial charge in [-0.3, -0.25) is 14.9 Å². The van der Waals surface area contributed by atoms with Crippen molar-refractivity contribution in [1.82, 2.24) is 10.6 Å². The van der Waals surface area contributed by atoms with Gasteiger partial charge in [0.05, 0.1) is 0 Å². The Hall–Kier alpha value is -2.15. The summed E-state index contributed by atoms with van der Waals surface area (Å²) in [5.74, 6) is -0.596. The van der Waals surface area contributed by atoms with Gasteiger partial charge in [-0.1, -0.05) is 23.2 Å². The van der Waals surface area contributed by atoms with Crippen molar-refractivity contribution in [1.29, 1.82) is 0 Å². The molecular weight excluding hydrogens is 405 g/mol. The van der Waals surface area contributed by atoms with E-state index in [0.717, 1.165) is 0 Å². The summed E-state index contributed by atoms with van der Waals surface area (Å²) in [5, 5.41) is 9.15. The molecule has 27 heavy (non-hydrogen) atoms. The van der Waals surface area contributed by atoms with Crippen LogP contribution in [0.15, 0.2) is 42.5 Å². The first kappa shape index (κ1) is 21.2. The fourth-order valence-corrected chi connectivity index (χ4v) is 2.88. The Bertz CT molecular complexity index is 857. The van der Waals surface area contributed by atoms with Crippen LogP contribution in [-0.4, -0.2) is 22.5 Å². The monoisotopic (exact) mass is 423 g/mol. The minimum absolute atomic E-state index is 0.114. The number of amides is 2. The number of thiocarbonyl (C=S) groups is 1. The lowest BCUT2D eigenvalue weighted by molar-refractivity contribution is 0.0918.